The number of benzene rings is 1. The monoisotopic (exact) mass is 291 g/mol. The van der Waals surface area contributed by atoms with Crippen molar-refractivity contribution in [3.05, 3.63) is 29.8 Å². The van der Waals surface area contributed by atoms with E-state index in [1.807, 2.05) is 24.3 Å². The van der Waals surface area contributed by atoms with Crippen LogP contribution in [0.5, 0.6) is 5.75 Å². The summed E-state index contributed by atoms with van der Waals surface area (Å²) in [6.45, 7) is 3.42. The lowest BCUT2D eigenvalue weighted by molar-refractivity contribution is -0.134. The molecule has 1 aromatic carbocycles. The fourth-order valence-corrected chi connectivity index (χ4v) is 2.25. The Hall–Kier alpha value is -2.08. The molecule has 2 amide bonds. The number of ether oxygens (including phenoxy) is 1. The molecule has 0 saturated carbocycles. The van der Waals surface area contributed by atoms with Gasteiger partial charge in [-0.25, -0.2) is 0 Å². The van der Waals surface area contributed by atoms with Crippen LogP contribution in [0.2, 0.25) is 0 Å². The van der Waals surface area contributed by atoms with Crippen molar-refractivity contribution in [3.63, 3.8) is 0 Å². The molecule has 0 atom stereocenters. The molecule has 114 valence electrons. The molecule has 1 fully saturated rings. The summed E-state index contributed by atoms with van der Waals surface area (Å²) in [7, 11) is 1.64. The van der Waals surface area contributed by atoms with E-state index in [0.29, 0.717) is 39.3 Å². The number of carbonyl (C=O) groups is 2. The standard InChI is InChI=1S/C15H21N3O3/c1-21-14-4-2-13(3-5-14)10-16-11-15(20)18-8-6-17(12-19)7-9-18/h2-5,12,16H,6-11H2,1H3. The van der Waals surface area contributed by atoms with Gasteiger partial charge in [0.05, 0.1) is 13.7 Å². The maximum atomic E-state index is 12.0. The second-order valence-electron chi connectivity index (χ2n) is 4.97. The Balaban J connectivity index is 1.70. The van der Waals surface area contributed by atoms with Crippen LogP contribution in [-0.4, -0.2) is 62.0 Å². The molecule has 6 nitrogen and oxygen atoms in total. The molecule has 0 unspecified atom stereocenters. The van der Waals surface area contributed by atoms with Gasteiger partial charge in [0.25, 0.3) is 0 Å². The minimum Gasteiger partial charge on any atom is -0.497 e. The Labute approximate surface area is 124 Å². The molecular formula is C15H21N3O3. The number of rotatable bonds is 6. The highest BCUT2D eigenvalue weighted by molar-refractivity contribution is 5.78. The third-order valence-corrected chi connectivity index (χ3v) is 3.58. The first-order chi connectivity index (χ1) is 10.2. The van der Waals surface area contributed by atoms with E-state index in [2.05, 4.69) is 5.32 Å². The molecule has 0 aromatic heterocycles. The summed E-state index contributed by atoms with van der Waals surface area (Å²) in [5.41, 5.74) is 1.11. The fourth-order valence-electron chi connectivity index (χ4n) is 2.25. The van der Waals surface area contributed by atoms with E-state index in [1.54, 1.807) is 16.9 Å². The molecule has 1 aromatic rings. The van der Waals surface area contributed by atoms with Gasteiger partial charge in [0.1, 0.15) is 5.75 Å². The van der Waals surface area contributed by atoms with Gasteiger partial charge in [-0.2, -0.15) is 0 Å². The Morgan fingerprint density at radius 1 is 1.24 bits per heavy atom. The normalized spacial score (nSPS) is 14.9. The van der Waals surface area contributed by atoms with Gasteiger partial charge in [-0.1, -0.05) is 12.1 Å². The Kier molecular flexibility index (Phi) is 5.57. The van der Waals surface area contributed by atoms with Crippen molar-refractivity contribution in [1.82, 2.24) is 15.1 Å². The Morgan fingerprint density at radius 2 is 1.90 bits per heavy atom. The van der Waals surface area contributed by atoms with Crippen LogP contribution in [-0.2, 0) is 16.1 Å². The number of piperazine rings is 1. The van der Waals surface area contributed by atoms with Crippen LogP contribution in [0, 0.1) is 0 Å². The summed E-state index contributed by atoms with van der Waals surface area (Å²) in [5, 5.41) is 3.15. The van der Waals surface area contributed by atoms with Gasteiger partial charge in [0.15, 0.2) is 0 Å². The van der Waals surface area contributed by atoms with Crippen molar-refractivity contribution in [3.8, 4) is 5.75 Å². The molecule has 0 bridgehead atoms. The number of amides is 2. The van der Waals surface area contributed by atoms with Crippen molar-refractivity contribution < 1.29 is 14.3 Å². The van der Waals surface area contributed by atoms with Gasteiger partial charge in [-0.05, 0) is 17.7 Å². The molecule has 0 spiro atoms. The van der Waals surface area contributed by atoms with Gasteiger partial charge < -0.3 is 19.9 Å². The van der Waals surface area contributed by atoms with Gasteiger partial charge in [0, 0.05) is 32.7 Å². The highest BCUT2D eigenvalue weighted by Crippen LogP contribution is 2.10. The summed E-state index contributed by atoms with van der Waals surface area (Å²) < 4.78 is 5.10. The van der Waals surface area contributed by atoms with Gasteiger partial charge >= 0.3 is 0 Å². The summed E-state index contributed by atoms with van der Waals surface area (Å²) in [4.78, 5) is 26.1. The second kappa shape index (κ2) is 7.64. The first-order valence-electron chi connectivity index (χ1n) is 7.03. The van der Waals surface area contributed by atoms with E-state index in [1.165, 1.54) is 0 Å². The molecule has 1 aliphatic rings. The third-order valence-electron chi connectivity index (χ3n) is 3.58. The van der Waals surface area contributed by atoms with E-state index >= 15 is 0 Å². The molecule has 1 heterocycles. The van der Waals surface area contributed by atoms with Gasteiger partial charge in [0.2, 0.25) is 12.3 Å². The summed E-state index contributed by atoms with van der Waals surface area (Å²) >= 11 is 0. The molecule has 0 radical (unpaired) electrons. The average Bonchev–Trinajstić information content (AvgIpc) is 2.55. The minimum absolute atomic E-state index is 0.0778. The average molecular weight is 291 g/mol. The lowest BCUT2D eigenvalue weighted by atomic mass is 10.2. The minimum atomic E-state index is 0.0778. The number of hydrogen-bond acceptors (Lipinski definition) is 4. The van der Waals surface area contributed by atoms with E-state index in [0.717, 1.165) is 17.7 Å². The molecule has 1 aliphatic heterocycles. The van der Waals surface area contributed by atoms with Crippen molar-refractivity contribution in [2.45, 2.75) is 6.54 Å². The van der Waals surface area contributed by atoms with Crippen molar-refractivity contribution in [1.29, 1.82) is 0 Å². The zero-order valence-electron chi connectivity index (χ0n) is 12.2. The predicted octanol–water partition coefficient (Wildman–Crippen LogP) is 0.0854. The van der Waals surface area contributed by atoms with Crippen LogP contribution in [0.15, 0.2) is 24.3 Å². The second-order valence-corrected chi connectivity index (χ2v) is 4.97. The molecule has 6 heteroatoms. The van der Waals surface area contributed by atoms with Gasteiger partial charge in [-0.3, -0.25) is 9.59 Å². The summed E-state index contributed by atoms with van der Waals surface area (Å²) in [6, 6.07) is 7.74. The fraction of sp³-hybridized carbons (Fsp3) is 0.467. The SMILES string of the molecule is COc1ccc(CNCC(=O)N2CCN(C=O)CC2)cc1. The summed E-state index contributed by atoms with van der Waals surface area (Å²) in [5.74, 6) is 0.900. The molecule has 2 rings (SSSR count). The zero-order chi connectivity index (χ0) is 15.1. The smallest absolute Gasteiger partial charge is 0.236 e. The van der Waals surface area contributed by atoms with Crippen LogP contribution in [0.1, 0.15) is 5.56 Å². The van der Waals surface area contributed by atoms with E-state index in [9.17, 15) is 9.59 Å². The van der Waals surface area contributed by atoms with Crippen molar-refractivity contribution in [2.75, 3.05) is 39.8 Å². The lowest BCUT2D eigenvalue weighted by Crippen LogP contribution is -2.50. The third kappa shape index (κ3) is 4.46. The lowest BCUT2D eigenvalue weighted by Gasteiger charge is -2.32. The first kappa shape index (κ1) is 15.3. The number of nitrogens with one attached hydrogen (secondary N) is 1. The number of methoxy groups -OCH3 is 1. The van der Waals surface area contributed by atoms with Crippen LogP contribution in [0.3, 0.4) is 0 Å². The summed E-state index contributed by atoms with van der Waals surface area (Å²) in [6.07, 6.45) is 0.837. The molecule has 0 aliphatic carbocycles. The quantitative estimate of drug-likeness (QED) is 0.754. The maximum absolute atomic E-state index is 12.0. The number of hydrogen-bond donors (Lipinski definition) is 1. The topological polar surface area (TPSA) is 61.9 Å². The predicted molar refractivity (Wildman–Crippen MR) is 78.9 cm³/mol. The van der Waals surface area contributed by atoms with Crippen LogP contribution in [0.25, 0.3) is 0 Å². The highest BCUT2D eigenvalue weighted by Gasteiger charge is 2.19. The number of nitrogens with zero attached hydrogens (tertiary/aromatic N) is 2. The highest BCUT2D eigenvalue weighted by atomic mass is 16.5. The van der Waals surface area contributed by atoms with E-state index in [4.69, 9.17) is 4.74 Å². The number of carbonyl (C=O) groups excluding carboxylic acids is 2. The van der Waals surface area contributed by atoms with Crippen molar-refractivity contribution >= 4 is 12.3 Å². The maximum Gasteiger partial charge on any atom is 0.236 e. The van der Waals surface area contributed by atoms with Crippen LogP contribution in [0.4, 0.5) is 0 Å². The molecule has 1 N–H and O–H groups in total. The zero-order valence-corrected chi connectivity index (χ0v) is 12.2. The van der Waals surface area contributed by atoms with Crippen molar-refractivity contribution in [2.24, 2.45) is 0 Å². The molecule has 1 saturated heterocycles. The van der Waals surface area contributed by atoms with E-state index < -0.39 is 0 Å². The Bertz CT molecular complexity index is 468. The van der Waals surface area contributed by atoms with Gasteiger partial charge in [-0.15, -0.1) is 0 Å². The largest absolute Gasteiger partial charge is 0.497 e. The van der Waals surface area contributed by atoms with Crippen LogP contribution >= 0.6 is 0 Å². The van der Waals surface area contributed by atoms with E-state index in [-0.39, 0.29) is 5.91 Å². The molecule has 21 heavy (non-hydrogen) atoms. The first-order valence-corrected chi connectivity index (χ1v) is 7.03. The molecular weight excluding hydrogens is 270 g/mol. The Morgan fingerprint density at radius 3 is 2.48 bits per heavy atom. The van der Waals surface area contributed by atoms with Crippen LogP contribution < -0.4 is 10.1 Å².